The van der Waals surface area contributed by atoms with Crippen molar-refractivity contribution in [3.63, 3.8) is 0 Å². The van der Waals surface area contributed by atoms with E-state index in [4.69, 9.17) is 5.73 Å². The summed E-state index contributed by atoms with van der Waals surface area (Å²) >= 11 is 1.65. The molecule has 0 aliphatic rings. The molecule has 0 unspecified atom stereocenters. The lowest BCUT2D eigenvalue weighted by Crippen LogP contribution is -2.00. The molecular formula is C23H22N4S. The summed E-state index contributed by atoms with van der Waals surface area (Å²) in [4.78, 5) is 10.2. The second kappa shape index (κ2) is 7.82. The van der Waals surface area contributed by atoms with Gasteiger partial charge in [0.15, 0.2) is 0 Å². The molecule has 2 heterocycles. The first-order chi connectivity index (χ1) is 13.6. The molecule has 4 rings (SSSR count). The third-order valence-corrected chi connectivity index (χ3v) is 5.71. The summed E-state index contributed by atoms with van der Waals surface area (Å²) in [6.45, 7) is 4.86. The first kappa shape index (κ1) is 18.2. The average molecular weight is 387 g/mol. The van der Waals surface area contributed by atoms with Gasteiger partial charge in [0.05, 0.1) is 4.88 Å². The first-order valence-electron chi connectivity index (χ1n) is 9.17. The number of rotatable bonds is 5. The van der Waals surface area contributed by atoms with E-state index in [-0.39, 0.29) is 0 Å². The van der Waals surface area contributed by atoms with Gasteiger partial charge in [-0.3, -0.25) is 0 Å². The van der Waals surface area contributed by atoms with Crippen LogP contribution in [0.4, 0.5) is 11.5 Å². The van der Waals surface area contributed by atoms with Gasteiger partial charge in [-0.15, -0.1) is 11.3 Å². The van der Waals surface area contributed by atoms with E-state index in [2.05, 4.69) is 52.5 Å². The Kier molecular flexibility index (Phi) is 5.08. The van der Waals surface area contributed by atoms with Gasteiger partial charge in [-0.1, -0.05) is 42.0 Å². The van der Waals surface area contributed by atoms with Crippen LogP contribution in [0, 0.1) is 13.8 Å². The Morgan fingerprint density at radius 2 is 1.82 bits per heavy atom. The summed E-state index contributed by atoms with van der Waals surface area (Å²) in [5.41, 5.74) is 12.7. The molecule has 5 heteroatoms. The van der Waals surface area contributed by atoms with Crippen LogP contribution in [-0.2, 0) is 6.54 Å². The minimum absolute atomic E-state index is 0.740. The second-order valence-corrected chi connectivity index (χ2v) is 7.87. The summed E-state index contributed by atoms with van der Waals surface area (Å²) in [5, 5.41) is 4.33. The van der Waals surface area contributed by atoms with E-state index in [1.807, 2.05) is 43.6 Å². The predicted molar refractivity (Wildman–Crippen MR) is 118 cm³/mol. The van der Waals surface area contributed by atoms with Crippen molar-refractivity contribution in [2.24, 2.45) is 0 Å². The number of thiazole rings is 1. The Bertz CT molecular complexity index is 1100. The summed E-state index contributed by atoms with van der Waals surface area (Å²) < 4.78 is 0. The van der Waals surface area contributed by atoms with Crippen LogP contribution < -0.4 is 11.1 Å². The maximum absolute atomic E-state index is 6.30. The molecule has 0 aliphatic carbocycles. The van der Waals surface area contributed by atoms with E-state index in [0.29, 0.717) is 0 Å². The largest absolute Gasteiger partial charge is 0.398 e. The van der Waals surface area contributed by atoms with Crippen LogP contribution in [0.15, 0.2) is 67.0 Å². The van der Waals surface area contributed by atoms with Crippen LogP contribution in [-0.4, -0.2) is 9.97 Å². The quantitative estimate of drug-likeness (QED) is 0.433. The van der Waals surface area contributed by atoms with Crippen LogP contribution >= 0.6 is 11.3 Å². The van der Waals surface area contributed by atoms with Gasteiger partial charge in [0.1, 0.15) is 10.8 Å². The van der Waals surface area contributed by atoms with Gasteiger partial charge in [0.25, 0.3) is 0 Å². The van der Waals surface area contributed by atoms with Crippen LogP contribution in [0.2, 0.25) is 0 Å². The van der Waals surface area contributed by atoms with Gasteiger partial charge in [0, 0.05) is 30.2 Å². The number of pyridine rings is 1. The van der Waals surface area contributed by atoms with Crippen molar-refractivity contribution in [3.8, 4) is 21.0 Å². The van der Waals surface area contributed by atoms with E-state index in [1.165, 1.54) is 11.1 Å². The van der Waals surface area contributed by atoms with Gasteiger partial charge >= 0.3 is 0 Å². The minimum Gasteiger partial charge on any atom is -0.398 e. The smallest absolute Gasteiger partial charge is 0.126 e. The third kappa shape index (κ3) is 3.89. The van der Waals surface area contributed by atoms with E-state index < -0.39 is 0 Å². The lowest BCUT2D eigenvalue weighted by molar-refractivity contribution is 1.11. The number of nitrogens with two attached hydrogens (primary N) is 1. The summed E-state index contributed by atoms with van der Waals surface area (Å²) in [5.74, 6) is 0.849. The topological polar surface area (TPSA) is 63.8 Å². The maximum atomic E-state index is 6.30. The zero-order valence-electron chi connectivity index (χ0n) is 15.9. The van der Waals surface area contributed by atoms with Crippen LogP contribution in [0.5, 0.6) is 0 Å². The molecule has 0 amide bonds. The lowest BCUT2D eigenvalue weighted by Gasteiger charge is -2.08. The van der Waals surface area contributed by atoms with Crippen molar-refractivity contribution in [2.45, 2.75) is 20.4 Å². The van der Waals surface area contributed by atoms with Crippen molar-refractivity contribution in [3.05, 3.63) is 83.7 Å². The molecular weight excluding hydrogens is 364 g/mol. The van der Waals surface area contributed by atoms with Crippen molar-refractivity contribution in [1.29, 1.82) is 0 Å². The molecule has 140 valence electrons. The van der Waals surface area contributed by atoms with Crippen molar-refractivity contribution in [1.82, 2.24) is 9.97 Å². The summed E-state index contributed by atoms with van der Waals surface area (Å²) in [7, 11) is 0. The summed E-state index contributed by atoms with van der Waals surface area (Å²) in [6, 6.07) is 18.6. The number of anilines is 2. The Morgan fingerprint density at radius 1 is 1.00 bits per heavy atom. The number of nitrogens with one attached hydrogen (secondary N) is 1. The molecule has 4 nitrogen and oxygen atoms in total. The highest BCUT2D eigenvalue weighted by molar-refractivity contribution is 7.18. The zero-order valence-corrected chi connectivity index (χ0v) is 16.8. The molecule has 0 aliphatic heterocycles. The number of aromatic nitrogens is 2. The van der Waals surface area contributed by atoms with E-state index in [9.17, 15) is 0 Å². The molecule has 0 fully saturated rings. The second-order valence-electron chi connectivity index (χ2n) is 6.84. The number of hydrogen-bond acceptors (Lipinski definition) is 5. The minimum atomic E-state index is 0.740. The highest BCUT2D eigenvalue weighted by Crippen LogP contribution is 2.36. The van der Waals surface area contributed by atoms with E-state index in [0.717, 1.165) is 44.6 Å². The SMILES string of the molecule is Cc1cc(C)c(N)c(-c2ncc(-c3ccnc(NCc4ccccc4)c3)s2)c1. The molecule has 2 aromatic carbocycles. The van der Waals surface area contributed by atoms with Crippen LogP contribution in [0.3, 0.4) is 0 Å². The Labute approximate surface area is 169 Å². The van der Waals surface area contributed by atoms with Gasteiger partial charge in [-0.05, 0) is 48.7 Å². The van der Waals surface area contributed by atoms with Gasteiger partial charge in [-0.2, -0.15) is 0 Å². The molecule has 2 aromatic heterocycles. The van der Waals surface area contributed by atoms with Gasteiger partial charge < -0.3 is 11.1 Å². The fourth-order valence-electron chi connectivity index (χ4n) is 3.16. The van der Waals surface area contributed by atoms with Gasteiger partial charge in [0.2, 0.25) is 0 Å². The van der Waals surface area contributed by atoms with E-state index >= 15 is 0 Å². The fraction of sp³-hybridized carbons (Fsp3) is 0.130. The average Bonchev–Trinajstić information content (AvgIpc) is 3.20. The van der Waals surface area contributed by atoms with Crippen molar-refractivity contribution < 1.29 is 0 Å². The van der Waals surface area contributed by atoms with Crippen molar-refractivity contribution >= 4 is 22.8 Å². The molecule has 3 N–H and O–H groups in total. The lowest BCUT2D eigenvalue weighted by atomic mass is 10.1. The van der Waals surface area contributed by atoms with E-state index in [1.54, 1.807) is 11.3 Å². The monoisotopic (exact) mass is 386 g/mol. The van der Waals surface area contributed by atoms with Crippen LogP contribution in [0.25, 0.3) is 21.0 Å². The number of nitrogens with zero attached hydrogens (tertiary/aromatic N) is 2. The number of nitrogen functional groups attached to an aromatic ring is 1. The Balaban J connectivity index is 1.57. The molecule has 4 aromatic rings. The van der Waals surface area contributed by atoms with Crippen LogP contribution in [0.1, 0.15) is 16.7 Å². The molecule has 0 atom stereocenters. The maximum Gasteiger partial charge on any atom is 0.126 e. The molecule has 0 saturated carbocycles. The Morgan fingerprint density at radius 3 is 2.64 bits per heavy atom. The van der Waals surface area contributed by atoms with Crippen molar-refractivity contribution in [2.75, 3.05) is 11.1 Å². The molecule has 28 heavy (non-hydrogen) atoms. The highest BCUT2D eigenvalue weighted by atomic mass is 32.1. The predicted octanol–water partition coefficient (Wildman–Crippen LogP) is 5.68. The number of hydrogen-bond donors (Lipinski definition) is 2. The standard InChI is InChI=1S/C23H22N4S/c1-15-10-16(2)22(24)19(11-15)23-27-14-20(28-23)18-8-9-25-21(12-18)26-13-17-6-4-3-5-7-17/h3-12,14H,13,24H2,1-2H3,(H,25,26). The molecule has 0 bridgehead atoms. The molecule has 0 saturated heterocycles. The normalized spacial score (nSPS) is 10.8. The molecule has 0 radical (unpaired) electrons. The third-order valence-electron chi connectivity index (χ3n) is 4.63. The highest BCUT2D eigenvalue weighted by Gasteiger charge is 2.12. The summed E-state index contributed by atoms with van der Waals surface area (Å²) in [6.07, 6.45) is 3.74. The first-order valence-corrected chi connectivity index (χ1v) is 9.99. The molecule has 0 spiro atoms. The number of aryl methyl sites for hydroxylation is 2. The fourth-order valence-corrected chi connectivity index (χ4v) is 4.10. The Hall–Kier alpha value is -3.18. The number of benzene rings is 2. The zero-order chi connectivity index (χ0) is 19.5. The van der Waals surface area contributed by atoms with Gasteiger partial charge in [-0.25, -0.2) is 9.97 Å².